The van der Waals surface area contributed by atoms with Gasteiger partial charge >= 0.3 is 5.97 Å². The average molecular weight is 354 g/mol. The van der Waals surface area contributed by atoms with Crippen LogP contribution in [0.15, 0.2) is 48.7 Å². The van der Waals surface area contributed by atoms with E-state index in [4.69, 9.17) is 9.47 Å². The van der Waals surface area contributed by atoms with Crippen LogP contribution in [0.1, 0.15) is 25.3 Å². The number of nitrogens with zero attached hydrogens (tertiary/aromatic N) is 1. The number of pyridine rings is 1. The smallest absolute Gasteiger partial charge is 0.313 e. The predicted octanol–water partition coefficient (Wildman–Crippen LogP) is 3.20. The number of esters is 1. The SMILES string of the molecule is CCOC(=O)C1(CNCc2ccc(-c3ccccn3)cc2)CCOCC1. The lowest BCUT2D eigenvalue weighted by molar-refractivity contribution is -0.161. The van der Waals surface area contributed by atoms with Gasteiger partial charge in [-0.3, -0.25) is 9.78 Å². The second-order valence-corrected chi connectivity index (χ2v) is 6.63. The van der Waals surface area contributed by atoms with Crippen molar-refractivity contribution in [1.29, 1.82) is 0 Å². The highest BCUT2D eigenvalue weighted by Gasteiger charge is 2.41. The number of rotatable bonds is 7. The Bertz CT molecular complexity index is 695. The van der Waals surface area contributed by atoms with Gasteiger partial charge in [0.05, 0.1) is 17.7 Å². The minimum absolute atomic E-state index is 0.110. The Morgan fingerprint density at radius 1 is 1.19 bits per heavy atom. The molecule has 0 radical (unpaired) electrons. The number of ether oxygens (including phenoxy) is 2. The van der Waals surface area contributed by atoms with Crippen molar-refractivity contribution in [3.8, 4) is 11.3 Å². The summed E-state index contributed by atoms with van der Waals surface area (Å²) in [5.41, 5.74) is 2.77. The van der Waals surface area contributed by atoms with Crippen LogP contribution in [0.2, 0.25) is 0 Å². The van der Waals surface area contributed by atoms with Gasteiger partial charge in [0.25, 0.3) is 0 Å². The van der Waals surface area contributed by atoms with E-state index in [0.717, 1.165) is 11.3 Å². The van der Waals surface area contributed by atoms with E-state index in [2.05, 4.69) is 34.6 Å². The van der Waals surface area contributed by atoms with E-state index >= 15 is 0 Å². The van der Waals surface area contributed by atoms with Gasteiger partial charge in [0, 0.05) is 38.1 Å². The Morgan fingerprint density at radius 2 is 1.96 bits per heavy atom. The lowest BCUT2D eigenvalue weighted by Crippen LogP contribution is -2.46. The lowest BCUT2D eigenvalue weighted by atomic mass is 9.80. The van der Waals surface area contributed by atoms with E-state index in [1.54, 1.807) is 6.20 Å². The molecule has 2 heterocycles. The molecule has 2 aromatic rings. The summed E-state index contributed by atoms with van der Waals surface area (Å²) < 4.78 is 10.7. The van der Waals surface area contributed by atoms with Gasteiger partial charge in [-0.05, 0) is 37.5 Å². The minimum Gasteiger partial charge on any atom is -0.466 e. The molecule has 5 nitrogen and oxygen atoms in total. The molecule has 0 unspecified atom stereocenters. The molecule has 0 spiro atoms. The molecule has 0 atom stereocenters. The largest absolute Gasteiger partial charge is 0.466 e. The number of carbonyl (C=O) groups excluding carboxylic acids is 1. The van der Waals surface area contributed by atoms with Gasteiger partial charge in [0.1, 0.15) is 0 Å². The van der Waals surface area contributed by atoms with Crippen molar-refractivity contribution in [1.82, 2.24) is 10.3 Å². The summed E-state index contributed by atoms with van der Waals surface area (Å²) in [6.07, 6.45) is 3.21. The standard InChI is InChI=1S/C21H26N2O3/c1-2-26-20(24)21(10-13-25-14-11-21)16-22-15-17-6-8-18(9-7-17)19-5-3-4-12-23-19/h3-9,12,22H,2,10-11,13-16H2,1H3. The van der Waals surface area contributed by atoms with E-state index in [9.17, 15) is 4.79 Å². The maximum atomic E-state index is 12.4. The third kappa shape index (κ3) is 4.48. The fraction of sp³-hybridized carbons (Fsp3) is 0.429. The highest BCUT2D eigenvalue weighted by molar-refractivity contribution is 5.77. The van der Waals surface area contributed by atoms with Crippen LogP contribution in [-0.2, 0) is 20.8 Å². The first-order valence-corrected chi connectivity index (χ1v) is 9.19. The van der Waals surface area contributed by atoms with Gasteiger partial charge < -0.3 is 14.8 Å². The van der Waals surface area contributed by atoms with Crippen LogP contribution in [0.5, 0.6) is 0 Å². The van der Waals surface area contributed by atoms with Crippen LogP contribution in [-0.4, -0.2) is 37.3 Å². The van der Waals surface area contributed by atoms with E-state index < -0.39 is 5.41 Å². The van der Waals surface area contributed by atoms with Crippen molar-refractivity contribution in [2.45, 2.75) is 26.3 Å². The Hall–Kier alpha value is -2.24. The summed E-state index contributed by atoms with van der Waals surface area (Å²) in [7, 11) is 0. The van der Waals surface area contributed by atoms with Gasteiger partial charge in [-0.25, -0.2) is 0 Å². The van der Waals surface area contributed by atoms with Crippen LogP contribution in [0, 0.1) is 5.41 Å². The van der Waals surface area contributed by atoms with E-state index in [0.29, 0.717) is 45.8 Å². The molecule has 0 bridgehead atoms. The molecule has 3 rings (SSSR count). The monoisotopic (exact) mass is 354 g/mol. The fourth-order valence-electron chi connectivity index (χ4n) is 3.27. The van der Waals surface area contributed by atoms with Crippen molar-refractivity contribution in [2.24, 2.45) is 5.41 Å². The highest BCUT2D eigenvalue weighted by atomic mass is 16.5. The van der Waals surface area contributed by atoms with Crippen LogP contribution >= 0.6 is 0 Å². The molecular formula is C21H26N2O3. The second kappa shape index (κ2) is 8.92. The van der Waals surface area contributed by atoms with Crippen molar-refractivity contribution in [3.05, 3.63) is 54.2 Å². The number of carbonyl (C=O) groups is 1. The zero-order chi connectivity index (χ0) is 18.2. The third-order valence-corrected chi connectivity index (χ3v) is 4.87. The number of benzene rings is 1. The zero-order valence-corrected chi connectivity index (χ0v) is 15.2. The van der Waals surface area contributed by atoms with Crippen LogP contribution in [0.3, 0.4) is 0 Å². The van der Waals surface area contributed by atoms with Gasteiger partial charge in [0.15, 0.2) is 0 Å². The van der Waals surface area contributed by atoms with Crippen molar-refractivity contribution < 1.29 is 14.3 Å². The van der Waals surface area contributed by atoms with Crippen LogP contribution < -0.4 is 5.32 Å². The Balaban J connectivity index is 1.58. The van der Waals surface area contributed by atoms with Gasteiger partial charge in [-0.2, -0.15) is 0 Å². The van der Waals surface area contributed by atoms with Crippen LogP contribution in [0.25, 0.3) is 11.3 Å². The summed E-state index contributed by atoms with van der Waals surface area (Å²) in [5, 5.41) is 3.44. The first-order valence-electron chi connectivity index (χ1n) is 9.19. The van der Waals surface area contributed by atoms with Crippen molar-refractivity contribution in [3.63, 3.8) is 0 Å². The molecule has 1 aromatic heterocycles. The minimum atomic E-state index is -0.470. The first kappa shape index (κ1) is 18.5. The molecule has 0 amide bonds. The molecule has 1 aliphatic rings. The van der Waals surface area contributed by atoms with E-state index in [1.807, 2.05) is 25.1 Å². The summed E-state index contributed by atoms with van der Waals surface area (Å²) in [5.74, 6) is -0.110. The number of nitrogens with one attached hydrogen (secondary N) is 1. The van der Waals surface area contributed by atoms with Crippen molar-refractivity contribution >= 4 is 5.97 Å². The third-order valence-electron chi connectivity index (χ3n) is 4.87. The molecule has 0 aliphatic carbocycles. The molecule has 1 aliphatic heterocycles. The number of hydrogen-bond donors (Lipinski definition) is 1. The molecule has 1 N–H and O–H groups in total. The summed E-state index contributed by atoms with van der Waals surface area (Å²) in [6.45, 7) is 4.80. The Kier molecular flexibility index (Phi) is 6.36. The molecule has 5 heteroatoms. The van der Waals surface area contributed by atoms with E-state index in [-0.39, 0.29) is 5.97 Å². The van der Waals surface area contributed by atoms with Crippen LogP contribution in [0.4, 0.5) is 0 Å². The maximum Gasteiger partial charge on any atom is 0.313 e. The van der Waals surface area contributed by atoms with Crippen molar-refractivity contribution in [2.75, 3.05) is 26.4 Å². The molecule has 138 valence electrons. The average Bonchev–Trinajstić information content (AvgIpc) is 2.70. The van der Waals surface area contributed by atoms with Gasteiger partial charge in [-0.15, -0.1) is 0 Å². The zero-order valence-electron chi connectivity index (χ0n) is 15.2. The molecule has 1 fully saturated rings. The Labute approximate surface area is 154 Å². The molecule has 1 aromatic carbocycles. The maximum absolute atomic E-state index is 12.4. The number of hydrogen-bond acceptors (Lipinski definition) is 5. The molecule has 1 saturated heterocycles. The van der Waals surface area contributed by atoms with Gasteiger partial charge in [-0.1, -0.05) is 30.3 Å². The first-order chi connectivity index (χ1) is 12.7. The second-order valence-electron chi connectivity index (χ2n) is 6.63. The fourth-order valence-corrected chi connectivity index (χ4v) is 3.27. The summed E-state index contributed by atoms with van der Waals surface area (Å²) >= 11 is 0. The molecule has 0 saturated carbocycles. The topological polar surface area (TPSA) is 60.5 Å². The summed E-state index contributed by atoms with van der Waals surface area (Å²) in [6, 6.07) is 14.2. The predicted molar refractivity (Wildman–Crippen MR) is 100 cm³/mol. The highest BCUT2D eigenvalue weighted by Crippen LogP contribution is 2.31. The van der Waals surface area contributed by atoms with Gasteiger partial charge in [0.2, 0.25) is 0 Å². The number of aromatic nitrogens is 1. The normalized spacial score (nSPS) is 16.2. The van der Waals surface area contributed by atoms with E-state index in [1.165, 1.54) is 5.56 Å². The summed E-state index contributed by atoms with van der Waals surface area (Å²) in [4.78, 5) is 16.8. The molecular weight excluding hydrogens is 328 g/mol. The quantitative estimate of drug-likeness (QED) is 0.774. The Morgan fingerprint density at radius 3 is 2.62 bits per heavy atom. The molecule has 26 heavy (non-hydrogen) atoms. The lowest BCUT2D eigenvalue weighted by Gasteiger charge is -2.34.